The van der Waals surface area contributed by atoms with Crippen molar-refractivity contribution in [1.29, 1.82) is 0 Å². The molecule has 0 radical (unpaired) electrons. The van der Waals surface area contributed by atoms with E-state index in [-0.39, 0.29) is 48.8 Å². The first-order chi connectivity index (χ1) is 70.8. The Balaban J connectivity index is 0.000000165. The molecule has 8 amide bonds. The van der Waals surface area contributed by atoms with Crippen molar-refractivity contribution in [2.24, 2.45) is 21.7 Å². The summed E-state index contributed by atoms with van der Waals surface area (Å²) in [6.45, 7) is 13.2. The van der Waals surface area contributed by atoms with Gasteiger partial charge in [-0.1, -0.05) is 198 Å². The zero-order valence-corrected chi connectivity index (χ0v) is 86.6. The predicted octanol–water partition coefficient (Wildman–Crippen LogP) is 7.73. The number of hydrogen-bond donors (Lipinski definition) is 16. The Hall–Kier alpha value is -12.9. The van der Waals surface area contributed by atoms with Crippen molar-refractivity contribution in [2.45, 2.75) is 279 Å². The number of rotatable bonds is 44. The molecule has 4 saturated carbocycles. The topological polar surface area (TPSA) is 467 Å². The molecule has 792 valence electrons. The summed E-state index contributed by atoms with van der Waals surface area (Å²) in [6, 6.07) is 57.8. The molecule has 0 bridgehead atoms. The predicted molar refractivity (Wildman–Crippen MR) is 560 cm³/mol. The molecular weight excluding hydrogens is 1880 g/mol. The van der Waals surface area contributed by atoms with Crippen LogP contribution in [-0.2, 0) is 109 Å². The molecule has 8 aliphatic rings. The minimum Gasteiger partial charge on any atom is -0.497 e. The lowest BCUT2D eigenvalue weighted by atomic mass is 9.87. The Morgan fingerprint density at radius 3 is 0.730 bits per heavy atom. The fraction of sp³-hybridized carbons (Fsp3) is 0.483. The molecule has 4 saturated heterocycles. The summed E-state index contributed by atoms with van der Waals surface area (Å²) < 4.78 is 20.9. The van der Waals surface area contributed by atoms with Crippen LogP contribution in [0.4, 0.5) is 0 Å². The normalized spacial score (nSPS) is 22.7. The number of carbonyl (C=O) groups is 12. The fourth-order valence-corrected chi connectivity index (χ4v) is 19.3. The third-order valence-corrected chi connectivity index (χ3v) is 30.1. The maximum Gasteiger partial charge on any atom is 0.243 e. The quantitative estimate of drug-likeness (QED) is 0.0174. The van der Waals surface area contributed by atoms with Crippen molar-refractivity contribution in [2.75, 3.05) is 54.6 Å². The number of amides is 8. The highest BCUT2D eigenvalue weighted by Crippen LogP contribution is 2.50. The van der Waals surface area contributed by atoms with E-state index >= 15 is 0 Å². The summed E-state index contributed by atoms with van der Waals surface area (Å²) in [5.41, 5.74) is 3.01. The number of methoxy groups -OCH3 is 4. The van der Waals surface area contributed by atoms with Gasteiger partial charge in [0, 0.05) is 47.3 Å². The monoisotopic (exact) mass is 2030 g/mol. The number of carbonyl (C=O) groups excluding carboxylic acids is 12. The van der Waals surface area contributed by atoms with Gasteiger partial charge in [-0.05, 0) is 249 Å². The van der Waals surface area contributed by atoms with E-state index in [0.29, 0.717) is 101 Å². The van der Waals surface area contributed by atoms with Gasteiger partial charge in [0.25, 0.3) is 0 Å². The van der Waals surface area contributed by atoms with E-state index < -0.39 is 165 Å². The Labute approximate surface area is 867 Å². The summed E-state index contributed by atoms with van der Waals surface area (Å²) in [7, 11) is 6.32. The molecular formula is C116H148N12O20. The van der Waals surface area contributed by atoms with Crippen LogP contribution in [0.25, 0.3) is 0 Å². The van der Waals surface area contributed by atoms with E-state index in [2.05, 4.69) is 63.8 Å². The zero-order valence-electron chi connectivity index (χ0n) is 86.6. The van der Waals surface area contributed by atoms with Crippen molar-refractivity contribution in [3.63, 3.8) is 0 Å². The van der Waals surface area contributed by atoms with Crippen molar-refractivity contribution in [3.8, 4) is 23.0 Å². The lowest BCUT2D eigenvalue weighted by Gasteiger charge is -2.37. The molecule has 32 nitrogen and oxygen atoms in total. The average molecular weight is 2030 g/mol. The first kappa shape index (κ1) is 112. The molecule has 8 fully saturated rings. The van der Waals surface area contributed by atoms with E-state index in [1.54, 1.807) is 90.8 Å². The summed E-state index contributed by atoms with van der Waals surface area (Å²) in [4.78, 5) is 161. The number of piperidine rings is 2. The van der Waals surface area contributed by atoms with E-state index in [0.717, 1.165) is 109 Å². The summed E-state index contributed by atoms with van der Waals surface area (Å²) in [5.74, 6) is -0.649. The van der Waals surface area contributed by atoms with E-state index in [1.807, 2.05) is 198 Å². The largest absolute Gasteiger partial charge is 0.497 e. The molecule has 0 aromatic heterocycles. The van der Waals surface area contributed by atoms with E-state index in [1.165, 1.54) is 0 Å². The Morgan fingerprint density at radius 2 is 0.500 bits per heavy atom. The molecule has 4 heterocycles. The maximum absolute atomic E-state index is 13.7. The number of nitrogens with one attached hydrogen (secondary N) is 12. The summed E-state index contributed by atoms with van der Waals surface area (Å²) in [6.07, 6.45) is 10.7. The highest BCUT2D eigenvalue weighted by molar-refractivity contribution is 6.01. The van der Waals surface area contributed by atoms with Gasteiger partial charge in [-0.3, -0.25) is 57.5 Å². The Morgan fingerprint density at radius 1 is 0.270 bits per heavy atom. The van der Waals surface area contributed by atoms with Crippen LogP contribution in [0.2, 0.25) is 0 Å². The molecule has 8 aromatic carbocycles. The van der Waals surface area contributed by atoms with Crippen LogP contribution in [0.3, 0.4) is 0 Å². The van der Waals surface area contributed by atoms with Gasteiger partial charge in [-0.15, -0.1) is 0 Å². The number of ether oxygens (including phenoxy) is 4. The number of hydrogen-bond acceptors (Lipinski definition) is 24. The molecule has 14 unspecified atom stereocenters. The number of aliphatic hydroxyl groups excluding tert-OH is 2. The van der Waals surface area contributed by atoms with Gasteiger partial charge in [0.05, 0.1) is 76.0 Å². The third kappa shape index (κ3) is 31.6. The highest BCUT2D eigenvalue weighted by atomic mass is 16.5. The molecule has 148 heavy (non-hydrogen) atoms. The second kappa shape index (κ2) is 51.3. The van der Waals surface area contributed by atoms with Gasteiger partial charge in [-0.2, -0.15) is 0 Å². The van der Waals surface area contributed by atoms with Crippen LogP contribution in [0.15, 0.2) is 218 Å². The van der Waals surface area contributed by atoms with Gasteiger partial charge < -0.3 is 103 Å². The van der Waals surface area contributed by atoms with Crippen LogP contribution in [0.1, 0.15) is 176 Å². The Kier molecular flexibility index (Phi) is 38.9. The summed E-state index contributed by atoms with van der Waals surface area (Å²) in [5, 5.41) is 77.3. The van der Waals surface area contributed by atoms with Gasteiger partial charge >= 0.3 is 0 Å². The number of ketones is 4. The molecule has 8 aromatic rings. The lowest BCUT2D eigenvalue weighted by Crippen LogP contribution is -2.63. The van der Waals surface area contributed by atoms with Crippen LogP contribution >= 0.6 is 0 Å². The summed E-state index contributed by atoms with van der Waals surface area (Å²) >= 11 is 0. The van der Waals surface area contributed by atoms with E-state index in [4.69, 9.17) is 18.9 Å². The standard InChI is InChI=1S/C30H39N3O5.2C29H37N3O5.C28H35N3O5/c1-29(15-16-29)26(34)23(18-20-8-5-4-6-9-20)32-27(35)24(19-21-10-12-22(38-3)13-11-21)33-28(36)25-30(2,37)14-7-17-31-25;1-28(13-14-28)25(33)22(17-19-7-5-4-6-8-19)31-26(34)23(18-20-9-11-21(37-3)12-10-20)32-27(35)24-29(2,36)15-16-30-24;1-29(14-15-29)26(34)22(17-19-7-4-3-5-8-19)31-27(35)23(18-20-10-12-21(37-2)13-11-20)32-28(36)25-24(33)9-6-16-30-25;1-28(13-14-28)25(33)21(16-18-6-4-3-5-7-18)30-26(34)22(17-19-8-10-20(36-2)11-9-19)31-27(35)24-23(32)12-15-29-24/h4-6,8-13,23-25,31,37H,7,14-19H2,1-3H3,(H,32,35)(H,33,36);4-12,22-24,30,36H,13-18H2,1-3H3,(H,31,34)(H,32,35);3-5,7-8,10-13,22-25,30,33H,6,9,14-18H2,1-2H3,(H,31,35)(H,32,36);3-11,21-24,29,32H,12-17H2,1-2H3,(H,30,34)(H,31,35)/t23-,24?,25?,30?;;22-,23?,24?,25?;/m0.0./s1. The lowest BCUT2D eigenvalue weighted by molar-refractivity contribution is -0.136. The van der Waals surface area contributed by atoms with Crippen LogP contribution in [0, 0.1) is 21.7 Å². The smallest absolute Gasteiger partial charge is 0.243 e. The average Bonchev–Trinajstić information content (AvgIpc) is 1.64. The second-order valence-electron chi connectivity index (χ2n) is 42.4. The molecule has 4 aliphatic carbocycles. The number of aliphatic hydroxyl groups is 4. The first-order valence-electron chi connectivity index (χ1n) is 51.8. The minimum atomic E-state index is -1.23. The number of Topliss-reactive ketones (excluding diaryl/α,β-unsaturated/α-hetero) is 4. The van der Waals surface area contributed by atoms with Gasteiger partial charge in [-0.25, -0.2) is 0 Å². The molecule has 16 rings (SSSR count). The second-order valence-corrected chi connectivity index (χ2v) is 42.4. The molecule has 32 heteroatoms. The van der Waals surface area contributed by atoms with Crippen molar-refractivity contribution in [3.05, 3.63) is 263 Å². The van der Waals surface area contributed by atoms with E-state index in [9.17, 15) is 78.0 Å². The van der Waals surface area contributed by atoms with Crippen LogP contribution in [0.5, 0.6) is 23.0 Å². The SMILES string of the molecule is COc1ccc(CC(NC(=O)C2NCCC2(C)O)C(=O)NC(Cc2ccccc2)C(=O)C2(C)CC2)cc1.COc1ccc(CC(NC(=O)C2NCCC2O)C(=O)NC(Cc2ccccc2)C(=O)C2(C)CC2)cc1.COc1ccc(CC(NC(=O)C2NCCCC2(C)O)C(=O)N[C@@H](Cc2ccccc2)C(=O)C2(C)CC2)cc1.COc1ccc(CC(NC(=O)C2NCCCC2O)C(=O)N[C@@H](Cc2ccccc2)C(=O)C2(C)CC2)cc1. The minimum absolute atomic E-state index is 0.0135. The third-order valence-electron chi connectivity index (χ3n) is 30.1. The fourth-order valence-electron chi connectivity index (χ4n) is 19.3. The van der Waals surface area contributed by atoms with Crippen molar-refractivity contribution < 1.29 is 96.9 Å². The maximum atomic E-state index is 13.7. The van der Waals surface area contributed by atoms with Crippen molar-refractivity contribution >= 4 is 70.4 Å². The van der Waals surface area contributed by atoms with Gasteiger partial charge in [0.1, 0.15) is 71.3 Å². The first-order valence-corrected chi connectivity index (χ1v) is 51.8. The zero-order chi connectivity index (χ0) is 106. The van der Waals surface area contributed by atoms with Gasteiger partial charge in [0.2, 0.25) is 47.3 Å². The van der Waals surface area contributed by atoms with Crippen molar-refractivity contribution in [1.82, 2.24) is 63.8 Å². The Bertz CT molecular complexity index is 5810. The molecule has 16 atom stereocenters. The molecule has 16 N–H and O–H groups in total. The number of benzene rings is 8. The van der Waals surface area contributed by atoms with Crippen LogP contribution in [-0.4, -0.2) is 241 Å². The highest BCUT2D eigenvalue weighted by Gasteiger charge is 2.53. The van der Waals surface area contributed by atoms with Crippen LogP contribution < -0.4 is 82.7 Å². The van der Waals surface area contributed by atoms with Gasteiger partial charge in [0.15, 0.2) is 23.1 Å². The molecule has 4 aliphatic heterocycles. The molecule has 0 spiro atoms.